The van der Waals surface area contributed by atoms with Crippen LogP contribution in [0.25, 0.3) is 0 Å². The summed E-state index contributed by atoms with van der Waals surface area (Å²) in [5.74, 6) is 0. The molecule has 1 aliphatic heterocycles. The first-order chi connectivity index (χ1) is 15.8. The van der Waals surface area contributed by atoms with Crippen molar-refractivity contribution >= 4 is 19.9 Å². The molecular formula is C22H30N2O8S2. The molecule has 1 saturated heterocycles. The van der Waals surface area contributed by atoms with Crippen molar-refractivity contribution in [2.75, 3.05) is 19.6 Å². The quantitative estimate of drug-likeness (QED) is 0.358. The van der Waals surface area contributed by atoms with Crippen LogP contribution < -0.4 is 5.32 Å². The van der Waals surface area contributed by atoms with Crippen molar-refractivity contribution < 1.29 is 37.1 Å². The lowest BCUT2D eigenvalue weighted by Crippen LogP contribution is -2.56. The van der Waals surface area contributed by atoms with E-state index in [9.17, 15) is 16.8 Å². The zero-order chi connectivity index (χ0) is 25.4. The molecule has 34 heavy (non-hydrogen) atoms. The highest BCUT2D eigenvalue weighted by Gasteiger charge is 2.42. The van der Waals surface area contributed by atoms with Crippen LogP contribution in [0.5, 0.6) is 0 Å². The molecule has 0 spiro atoms. The molecule has 1 fully saturated rings. The van der Waals surface area contributed by atoms with E-state index in [4.69, 9.17) is 10.5 Å². The van der Waals surface area contributed by atoms with Crippen molar-refractivity contribution in [2.45, 2.75) is 54.1 Å². The number of rotatable bonds is 8. The third kappa shape index (κ3) is 5.04. The van der Waals surface area contributed by atoms with E-state index in [1.807, 2.05) is 0 Å². The van der Waals surface area contributed by atoms with Gasteiger partial charge in [-0.3, -0.25) is 10.5 Å². The molecule has 1 heterocycles. The third-order valence-corrected chi connectivity index (χ3v) is 10.1. The molecule has 3 N–H and O–H groups in total. The second-order valence-corrected chi connectivity index (χ2v) is 13.1. The van der Waals surface area contributed by atoms with Crippen LogP contribution in [0, 0.1) is 0 Å². The van der Waals surface area contributed by atoms with E-state index in [1.165, 1.54) is 48.5 Å². The summed E-state index contributed by atoms with van der Waals surface area (Å²) in [5, 5.41) is 19.8. The maximum absolute atomic E-state index is 13.5. The summed E-state index contributed by atoms with van der Waals surface area (Å²) in [6.07, 6.45) is 0. The van der Waals surface area contributed by atoms with Crippen LogP contribution in [0.3, 0.4) is 0 Å². The molecule has 1 atom stereocenters. The number of sulfonamides is 1. The fraction of sp³-hybridized carbons (Fsp3) is 0.455. The summed E-state index contributed by atoms with van der Waals surface area (Å²) < 4.78 is 54.8. The molecule has 0 saturated carbocycles. The Morgan fingerprint density at radius 1 is 0.824 bits per heavy atom. The first kappa shape index (κ1) is 26.7. The highest BCUT2D eigenvalue weighted by molar-refractivity contribution is 7.94. The molecule has 0 bridgehead atoms. The van der Waals surface area contributed by atoms with Gasteiger partial charge in [0.1, 0.15) is 16.6 Å². The van der Waals surface area contributed by atoms with Gasteiger partial charge in [-0.15, -0.1) is 0 Å². The Hall–Kier alpha value is -1.90. The summed E-state index contributed by atoms with van der Waals surface area (Å²) in [6, 6.07) is 11.5. The lowest BCUT2D eigenvalue weighted by Gasteiger charge is -2.34. The number of hydrogen-bond donors (Lipinski definition) is 3. The van der Waals surface area contributed by atoms with Crippen molar-refractivity contribution in [1.82, 2.24) is 9.62 Å². The number of sulfone groups is 1. The highest BCUT2D eigenvalue weighted by Crippen LogP contribution is 2.30. The van der Waals surface area contributed by atoms with Gasteiger partial charge in [0.2, 0.25) is 10.0 Å². The van der Waals surface area contributed by atoms with Crippen molar-refractivity contribution in [3.8, 4) is 0 Å². The number of piperazine rings is 1. The van der Waals surface area contributed by atoms with Gasteiger partial charge in [-0.25, -0.2) is 26.6 Å². The van der Waals surface area contributed by atoms with Crippen molar-refractivity contribution in [3.63, 3.8) is 0 Å². The average molecular weight is 515 g/mol. The summed E-state index contributed by atoms with van der Waals surface area (Å²) in [7, 11) is -8.23. The van der Waals surface area contributed by atoms with Gasteiger partial charge in [0.05, 0.1) is 9.79 Å². The Labute approximate surface area is 200 Å². The van der Waals surface area contributed by atoms with E-state index in [0.29, 0.717) is 17.7 Å². The van der Waals surface area contributed by atoms with Gasteiger partial charge in [0.25, 0.3) is 0 Å². The van der Waals surface area contributed by atoms with E-state index >= 15 is 0 Å². The topological polar surface area (TPSA) is 142 Å². The van der Waals surface area contributed by atoms with Crippen molar-refractivity contribution in [2.24, 2.45) is 0 Å². The van der Waals surface area contributed by atoms with Crippen LogP contribution in [0.15, 0.2) is 58.3 Å². The molecule has 0 aromatic heterocycles. The lowest BCUT2D eigenvalue weighted by molar-refractivity contribution is -0.318. The monoisotopic (exact) mass is 514 g/mol. The van der Waals surface area contributed by atoms with Gasteiger partial charge in [-0.05, 0) is 63.1 Å². The van der Waals surface area contributed by atoms with Gasteiger partial charge in [-0.2, -0.15) is 4.31 Å². The maximum Gasteiger partial charge on any atom is 0.244 e. The molecule has 12 heteroatoms. The molecule has 1 unspecified atom stereocenters. The Morgan fingerprint density at radius 2 is 1.26 bits per heavy atom. The predicted octanol–water partition coefficient (Wildman–Crippen LogP) is 2.53. The van der Waals surface area contributed by atoms with E-state index < -0.39 is 36.4 Å². The lowest BCUT2D eigenvalue weighted by atomic mass is 9.99. The van der Waals surface area contributed by atoms with Crippen LogP contribution in [-0.4, -0.2) is 56.7 Å². The van der Waals surface area contributed by atoms with Crippen LogP contribution in [-0.2, 0) is 40.8 Å². The maximum atomic E-state index is 13.5. The summed E-state index contributed by atoms with van der Waals surface area (Å²) >= 11 is 0. The first-order valence-electron chi connectivity index (χ1n) is 10.6. The minimum atomic E-state index is -4.15. The summed E-state index contributed by atoms with van der Waals surface area (Å²) in [4.78, 5) is 8.78. The van der Waals surface area contributed by atoms with Gasteiger partial charge < -0.3 is 5.32 Å². The van der Waals surface area contributed by atoms with E-state index in [1.54, 1.807) is 27.7 Å². The molecule has 0 radical (unpaired) electrons. The minimum absolute atomic E-state index is 0.0251. The first-order valence-corrected chi connectivity index (χ1v) is 13.6. The van der Waals surface area contributed by atoms with Crippen LogP contribution in [0.4, 0.5) is 0 Å². The molecule has 0 amide bonds. The Bertz CT molecular complexity index is 1110. The molecular weight excluding hydrogens is 484 g/mol. The Kier molecular flexibility index (Phi) is 7.56. The second-order valence-electron chi connectivity index (χ2n) is 9.07. The SMILES string of the molecule is CC(C)(OO)c1ccc(S(=O)(=O)C2CNCCN2S(=O)(=O)c2ccc(C(C)(C)OO)cc2)cc1. The smallest absolute Gasteiger partial charge is 0.244 e. The molecule has 10 nitrogen and oxygen atoms in total. The van der Waals surface area contributed by atoms with E-state index in [0.717, 1.165) is 4.31 Å². The van der Waals surface area contributed by atoms with E-state index in [2.05, 4.69) is 15.1 Å². The van der Waals surface area contributed by atoms with Gasteiger partial charge in [0, 0.05) is 19.6 Å². The average Bonchev–Trinajstić information content (AvgIpc) is 2.84. The number of nitrogens with zero attached hydrogens (tertiary/aromatic N) is 1. The minimum Gasteiger partial charge on any atom is -0.313 e. The molecule has 0 aliphatic carbocycles. The number of nitrogens with one attached hydrogen (secondary N) is 1. The highest BCUT2D eigenvalue weighted by atomic mass is 32.2. The van der Waals surface area contributed by atoms with Crippen molar-refractivity contribution in [3.05, 3.63) is 59.7 Å². The molecule has 2 aromatic rings. The summed E-state index contributed by atoms with van der Waals surface area (Å²) in [6.45, 7) is 6.68. The predicted molar refractivity (Wildman–Crippen MR) is 124 cm³/mol. The van der Waals surface area contributed by atoms with Gasteiger partial charge in [-0.1, -0.05) is 24.3 Å². The fourth-order valence-corrected chi connectivity index (χ4v) is 7.40. The van der Waals surface area contributed by atoms with E-state index in [-0.39, 0.29) is 22.9 Å². The largest absolute Gasteiger partial charge is 0.313 e. The normalized spacial score (nSPS) is 18.7. The number of benzene rings is 2. The van der Waals surface area contributed by atoms with Crippen LogP contribution in [0.2, 0.25) is 0 Å². The molecule has 2 aromatic carbocycles. The number of hydrogen-bond acceptors (Lipinski definition) is 9. The standard InChI is InChI=1S/C22H30N2O8S2/c1-21(2,31-25)16-5-9-18(10-6-16)33(27,28)20-15-23-13-14-24(20)34(29,30)19-11-7-17(8-12-19)22(3,4)32-26/h5-12,20,23,25-26H,13-15H2,1-4H3. The van der Waals surface area contributed by atoms with Crippen molar-refractivity contribution in [1.29, 1.82) is 0 Å². The second kappa shape index (κ2) is 9.63. The molecule has 1 aliphatic rings. The fourth-order valence-electron chi connectivity index (χ4n) is 3.67. The zero-order valence-electron chi connectivity index (χ0n) is 19.4. The third-order valence-electron chi connectivity index (χ3n) is 6.00. The van der Waals surface area contributed by atoms with Gasteiger partial charge >= 0.3 is 0 Å². The molecule has 188 valence electrons. The summed E-state index contributed by atoms with van der Waals surface area (Å²) in [5.41, 5.74) is -0.972. The Morgan fingerprint density at radius 3 is 1.71 bits per heavy atom. The van der Waals surface area contributed by atoms with Crippen LogP contribution >= 0.6 is 0 Å². The van der Waals surface area contributed by atoms with Crippen LogP contribution in [0.1, 0.15) is 38.8 Å². The Balaban J connectivity index is 1.96. The van der Waals surface area contributed by atoms with Gasteiger partial charge in [0.15, 0.2) is 9.84 Å². The zero-order valence-corrected chi connectivity index (χ0v) is 21.1. The molecule has 3 rings (SSSR count).